The molecule has 1 unspecified atom stereocenters. The number of nitrogens with one attached hydrogen (secondary N) is 1. The number of pyridine rings is 1. The number of hydrogen-bond donors (Lipinski definition) is 1. The quantitative estimate of drug-likeness (QED) is 0.805. The van der Waals surface area contributed by atoms with Crippen molar-refractivity contribution in [2.45, 2.75) is 82.1 Å². The molecule has 0 spiro atoms. The monoisotopic (exact) mass is 422 g/mol. The summed E-state index contributed by atoms with van der Waals surface area (Å²) in [5, 5.41) is -0.433. The highest BCUT2D eigenvalue weighted by atomic mass is 32.2. The minimum Gasteiger partial charge on any atom is -0.477 e. The maximum atomic E-state index is 12.5. The highest BCUT2D eigenvalue weighted by Crippen LogP contribution is 2.40. The smallest absolute Gasteiger partial charge is 0.216 e. The lowest BCUT2D eigenvalue weighted by atomic mass is 9.76. The molecule has 0 saturated heterocycles. The molecule has 29 heavy (non-hydrogen) atoms. The van der Waals surface area contributed by atoms with E-state index in [9.17, 15) is 8.42 Å². The lowest BCUT2D eigenvalue weighted by Crippen LogP contribution is -2.50. The molecule has 3 heterocycles. The second kappa shape index (κ2) is 8.90. The van der Waals surface area contributed by atoms with Gasteiger partial charge in [-0.1, -0.05) is 12.5 Å². The van der Waals surface area contributed by atoms with Crippen LogP contribution in [-0.4, -0.2) is 44.0 Å². The maximum absolute atomic E-state index is 12.5. The Balaban J connectivity index is 1.58. The van der Waals surface area contributed by atoms with Gasteiger partial charge in [-0.3, -0.25) is 0 Å². The minimum atomic E-state index is -3.32. The van der Waals surface area contributed by atoms with Crippen molar-refractivity contribution in [2.75, 3.05) is 13.2 Å². The van der Waals surface area contributed by atoms with E-state index in [1.54, 1.807) is 20.0 Å². The summed E-state index contributed by atoms with van der Waals surface area (Å²) in [6.45, 7) is 4.62. The summed E-state index contributed by atoms with van der Waals surface area (Å²) in [6.07, 6.45) is 9.22. The van der Waals surface area contributed by atoms with Crippen molar-refractivity contribution < 1.29 is 17.9 Å². The van der Waals surface area contributed by atoms with Gasteiger partial charge in [-0.25, -0.2) is 18.1 Å². The average Bonchev–Trinajstić information content (AvgIpc) is 2.71. The Morgan fingerprint density at radius 1 is 1.10 bits per heavy atom. The maximum Gasteiger partial charge on any atom is 0.216 e. The van der Waals surface area contributed by atoms with Crippen molar-refractivity contribution in [3.63, 3.8) is 0 Å². The molecule has 1 aromatic rings. The van der Waals surface area contributed by atoms with Crippen LogP contribution < -0.4 is 9.46 Å². The second-order valence-electron chi connectivity index (χ2n) is 9.19. The molecule has 162 valence electrons. The molecule has 0 amide bonds. The molecule has 1 N–H and O–H groups in total. The number of nitrogens with zero attached hydrogens (tertiary/aromatic N) is 1. The van der Waals surface area contributed by atoms with Crippen LogP contribution in [0.1, 0.15) is 70.3 Å². The van der Waals surface area contributed by atoms with Gasteiger partial charge in [-0.05, 0) is 70.3 Å². The summed E-state index contributed by atoms with van der Waals surface area (Å²) in [5.41, 5.74) is 1.22. The van der Waals surface area contributed by atoms with E-state index in [0.717, 1.165) is 50.8 Å². The predicted molar refractivity (Wildman–Crippen MR) is 112 cm³/mol. The molecule has 2 saturated carbocycles. The molecule has 3 atom stereocenters. The van der Waals surface area contributed by atoms with Gasteiger partial charge in [-0.15, -0.1) is 0 Å². The topological polar surface area (TPSA) is 77.5 Å². The van der Waals surface area contributed by atoms with Crippen LogP contribution in [0.3, 0.4) is 0 Å². The van der Waals surface area contributed by atoms with Crippen molar-refractivity contribution in [1.29, 1.82) is 0 Å². The third kappa shape index (κ3) is 4.78. The summed E-state index contributed by atoms with van der Waals surface area (Å²) in [7, 11) is -3.32. The molecule has 2 bridgehead atoms. The first-order valence-corrected chi connectivity index (χ1v) is 12.7. The van der Waals surface area contributed by atoms with Crippen molar-refractivity contribution in [1.82, 2.24) is 9.71 Å². The number of aromatic nitrogens is 1. The van der Waals surface area contributed by atoms with E-state index in [4.69, 9.17) is 9.47 Å². The van der Waals surface area contributed by atoms with Gasteiger partial charge in [0.25, 0.3) is 0 Å². The zero-order chi connectivity index (χ0) is 20.4. The number of rotatable bonds is 3. The van der Waals surface area contributed by atoms with Gasteiger partial charge in [0, 0.05) is 23.7 Å². The van der Waals surface area contributed by atoms with Gasteiger partial charge in [0.05, 0.1) is 24.6 Å². The molecule has 0 aromatic carbocycles. The predicted octanol–water partition coefficient (Wildman–Crippen LogP) is 3.63. The van der Waals surface area contributed by atoms with Crippen LogP contribution in [0.4, 0.5) is 0 Å². The molecule has 1 aromatic heterocycles. The Kier molecular flexibility index (Phi) is 6.47. The van der Waals surface area contributed by atoms with Crippen molar-refractivity contribution in [3.05, 3.63) is 23.9 Å². The van der Waals surface area contributed by atoms with Crippen LogP contribution >= 0.6 is 0 Å². The summed E-state index contributed by atoms with van der Waals surface area (Å²) < 4.78 is 40.7. The number of sulfonamides is 1. The molecule has 7 heteroatoms. The Labute approximate surface area is 174 Å². The fourth-order valence-electron chi connectivity index (χ4n) is 5.12. The molecule has 2 aliphatic heterocycles. The zero-order valence-electron chi connectivity index (χ0n) is 17.5. The summed E-state index contributed by atoms with van der Waals surface area (Å²) in [6, 6.07) is 4.06. The van der Waals surface area contributed by atoms with E-state index < -0.39 is 15.3 Å². The summed E-state index contributed by atoms with van der Waals surface area (Å²) in [4.78, 5) is 4.54. The molecule has 0 radical (unpaired) electrons. The largest absolute Gasteiger partial charge is 0.477 e. The lowest BCUT2D eigenvalue weighted by Gasteiger charge is -2.40. The Hall–Kier alpha value is -1.18. The molecule has 5 rings (SSSR count). The van der Waals surface area contributed by atoms with Gasteiger partial charge >= 0.3 is 0 Å². The molecule has 6 nitrogen and oxygen atoms in total. The van der Waals surface area contributed by atoms with Crippen molar-refractivity contribution in [2.24, 2.45) is 11.8 Å². The van der Waals surface area contributed by atoms with E-state index in [0.29, 0.717) is 19.1 Å². The third-order valence-electron chi connectivity index (χ3n) is 7.02. The van der Waals surface area contributed by atoms with Crippen LogP contribution in [-0.2, 0) is 14.8 Å². The fraction of sp³-hybridized carbons (Fsp3) is 0.773. The molecular weight excluding hydrogens is 388 g/mol. The summed E-state index contributed by atoms with van der Waals surface area (Å²) in [5.74, 6) is 1.64. The van der Waals surface area contributed by atoms with E-state index >= 15 is 0 Å². The molecule has 2 fully saturated rings. The lowest BCUT2D eigenvalue weighted by molar-refractivity contribution is -0.0302. The van der Waals surface area contributed by atoms with Crippen LogP contribution in [0, 0.1) is 11.8 Å². The fourth-order valence-corrected chi connectivity index (χ4v) is 6.10. The average molecular weight is 423 g/mol. The van der Waals surface area contributed by atoms with E-state index in [1.807, 2.05) is 6.07 Å². The Bertz CT molecular complexity index is 790. The number of hydrogen-bond acceptors (Lipinski definition) is 5. The first-order valence-electron chi connectivity index (χ1n) is 11.1. The van der Waals surface area contributed by atoms with Gasteiger partial charge in [0.2, 0.25) is 15.9 Å². The second-order valence-corrected chi connectivity index (χ2v) is 11.5. The third-order valence-corrected chi connectivity index (χ3v) is 8.89. The van der Waals surface area contributed by atoms with Crippen molar-refractivity contribution in [3.8, 4) is 5.88 Å². The van der Waals surface area contributed by atoms with Crippen LogP contribution in [0.25, 0.3) is 0 Å². The van der Waals surface area contributed by atoms with Gasteiger partial charge in [0.15, 0.2) is 0 Å². The minimum absolute atomic E-state index is 0.0905. The van der Waals surface area contributed by atoms with E-state index in [-0.39, 0.29) is 24.0 Å². The normalized spacial score (nSPS) is 33.1. The van der Waals surface area contributed by atoms with Crippen molar-refractivity contribution >= 4 is 10.0 Å². The first kappa shape index (κ1) is 21.1. The van der Waals surface area contributed by atoms with E-state index in [2.05, 4.69) is 15.8 Å². The molecular formula is C22H34N2O4S. The van der Waals surface area contributed by atoms with Crippen LogP contribution in [0.5, 0.6) is 5.88 Å². The zero-order valence-corrected chi connectivity index (χ0v) is 18.4. The van der Waals surface area contributed by atoms with E-state index in [1.165, 1.54) is 5.56 Å². The number of fused-ring (bicyclic) bond motifs is 4. The number of ether oxygens (including phenoxy) is 2. The van der Waals surface area contributed by atoms with Crippen LogP contribution in [0.15, 0.2) is 18.3 Å². The van der Waals surface area contributed by atoms with Gasteiger partial charge in [-0.2, -0.15) is 0 Å². The Morgan fingerprint density at radius 2 is 1.90 bits per heavy atom. The van der Waals surface area contributed by atoms with Crippen LogP contribution in [0.2, 0.25) is 0 Å². The molecule has 4 aliphatic rings. The standard InChI is InChI=1S/C22H34N2O4S/c1-15(2)29(25,26)24-21-7-3-5-17-13-28-22-19(6-4-12-23-22)16-8-10-18(11-9-16)27-14-20(17)21/h4,6,12,15-18,20-21,24H,3,5,7-11,13-14H2,1-2H3/t16?,17?,18?,20-,21+/m1/s1. The highest BCUT2D eigenvalue weighted by Gasteiger charge is 2.38. The summed E-state index contributed by atoms with van der Waals surface area (Å²) >= 11 is 0. The Morgan fingerprint density at radius 3 is 2.66 bits per heavy atom. The highest BCUT2D eigenvalue weighted by molar-refractivity contribution is 7.90. The molecule has 2 aliphatic carbocycles. The van der Waals surface area contributed by atoms with Gasteiger partial charge < -0.3 is 9.47 Å². The SMILES string of the molecule is CC(C)S(=O)(=O)N[C@H]1CCCC2COc3ncccc3C3CCC(CC3)OC[C@H]21. The first-order chi connectivity index (χ1) is 13.9. The van der Waals surface area contributed by atoms with Gasteiger partial charge in [0.1, 0.15) is 0 Å².